The van der Waals surface area contributed by atoms with Crippen LogP contribution in [0.2, 0.25) is 0 Å². The summed E-state index contributed by atoms with van der Waals surface area (Å²) in [5, 5.41) is 10.1. The van der Waals surface area contributed by atoms with Crippen molar-refractivity contribution in [3.05, 3.63) is 29.8 Å². The number of hydrogen-bond acceptors (Lipinski definition) is 3. The zero-order valence-corrected chi connectivity index (χ0v) is 9.77. The number of fused-ring (bicyclic) bond motifs is 1. The lowest BCUT2D eigenvalue weighted by Gasteiger charge is -2.37. The van der Waals surface area contributed by atoms with Gasteiger partial charge in [-0.2, -0.15) is 0 Å². The van der Waals surface area contributed by atoms with Crippen LogP contribution in [0.25, 0.3) is 0 Å². The fourth-order valence-electron chi connectivity index (χ4n) is 2.08. The minimum absolute atomic E-state index is 0.427. The van der Waals surface area contributed by atoms with E-state index in [0.29, 0.717) is 19.6 Å². The summed E-state index contributed by atoms with van der Waals surface area (Å²) >= 11 is 0. The van der Waals surface area contributed by atoms with Crippen LogP contribution in [-0.2, 0) is 4.74 Å². The number of aliphatic hydroxyl groups excluding tert-OH is 1. The molecule has 3 heteroatoms. The molecule has 3 nitrogen and oxygen atoms in total. The maximum atomic E-state index is 10.1. The fourth-order valence-corrected chi connectivity index (χ4v) is 2.08. The lowest BCUT2D eigenvalue weighted by molar-refractivity contribution is -0.0574. The van der Waals surface area contributed by atoms with Crippen LogP contribution in [0.5, 0.6) is 5.75 Å². The third-order valence-corrected chi connectivity index (χ3v) is 2.87. The molecule has 88 valence electrons. The zero-order valence-electron chi connectivity index (χ0n) is 9.77. The Balaban J connectivity index is 2.20. The molecule has 0 saturated heterocycles. The van der Waals surface area contributed by atoms with Crippen molar-refractivity contribution in [1.82, 2.24) is 0 Å². The Bertz CT molecular complexity index is 364. The SMILES string of the molecule is CCOCC1(C)CC(O)c2ccccc2O1. The van der Waals surface area contributed by atoms with Crippen molar-refractivity contribution >= 4 is 0 Å². The third-order valence-electron chi connectivity index (χ3n) is 2.87. The molecule has 0 spiro atoms. The predicted octanol–water partition coefficient (Wildman–Crippen LogP) is 2.30. The van der Waals surface area contributed by atoms with Gasteiger partial charge in [-0.25, -0.2) is 0 Å². The van der Waals surface area contributed by atoms with Crippen LogP contribution >= 0.6 is 0 Å². The Hall–Kier alpha value is -1.06. The molecule has 1 aromatic rings. The van der Waals surface area contributed by atoms with Crippen molar-refractivity contribution in [3.8, 4) is 5.75 Å². The van der Waals surface area contributed by atoms with Crippen molar-refractivity contribution in [1.29, 1.82) is 0 Å². The van der Waals surface area contributed by atoms with Gasteiger partial charge in [0, 0.05) is 18.6 Å². The van der Waals surface area contributed by atoms with Crippen LogP contribution in [0.4, 0.5) is 0 Å². The molecule has 2 unspecified atom stereocenters. The van der Waals surface area contributed by atoms with Gasteiger partial charge in [-0.15, -0.1) is 0 Å². The lowest BCUT2D eigenvalue weighted by atomic mass is 9.91. The molecule has 0 bridgehead atoms. The van der Waals surface area contributed by atoms with E-state index in [-0.39, 0.29) is 0 Å². The van der Waals surface area contributed by atoms with Crippen molar-refractivity contribution in [3.63, 3.8) is 0 Å². The molecule has 1 aliphatic heterocycles. The van der Waals surface area contributed by atoms with Gasteiger partial charge < -0.3 is 14.6 Å². The van der Waals surface area contributed by atoms with E-state index in [2.05, 4.69) is 0 Å². The summed E-state index contributed by atoms with van der Waals surface area (Å²) in [6.07, 6.45) is 0.111. The molecule has 0 amide bonds. The monoisotopic (exact) mass is 222 g/mol. The molecule has 2 rings (SSSR count). The second-order valence-corrected chi connectivity index (χ2v) is 4.45. The quantitative estimate of drug-likeness (QED) is 0.852. The molecular formula is C13H18O3. The van der Waals surface area contributed by atoms with E-state index < -0.39 is 11.7 Å². The first-order chi connectivity index (χ1) is 7.64. The summed E-state index contributed by atoms with van der Waals surface area (Å²) in [4.78, 5) is 0. The van der Waals surface area contributed by atoms with E-state index in [0.717, 1.165) is 11.3 Å². The van der Waals surface area contributed by atoms with Crippen LogP contribution in [0.15, 0.2) is 24.3 Å². The maximum absolute atomic E-state index is 10.1. The molecule has 1 aromatic carbocycles. The minimum atomic E-state index is -0.463. The highest BCUT2D eigenvalue weighted by atomic mass is 16.5. The lowest BCUT2D eigenvalue weighted by Crippen LogP contribution is -2.42. The van der Waals surface area contributed by atoms with E-state index in [9.17, 15) is 5.11 Å². The Labute approximate surface area is 96.0 Å². The average molecular weight is 222 g/mol. The second-order valence-electron chi connectivity index (χ2n) is 4.45. The molecule has 1 aliphatic rings. The van der Waals surface area contributed by atoms with Crippen molar-refractivity contribution < 1.29 is 14.6 Å². The predicted molar refractivity (Wildman–Crippen MR) is 61.5 cm³/mol. The van der Waals surface area contributed by atoms with Crippen LogP contribution in [-0.4, -0.2) is 23.9 Å². The van der Waals surface area contributed by atoms with E-state index in [4.69, 9.17) is 9.47 Å². The summed E-state index contributed by atoms with van der Waals surface area (Å²) in [6.45, 7) is 5.10. The van der Waals surface area contributed by atoms with E-state index in [1.54, 1.807) is 0 Å². The maximum Gasteiger partial charge on any atom is 0.132 e. The summed E-state index contributed by atoms with van der Waals surface area (Å²) in [5.74, 6) is 0.767. The molecule has 1 N–H and O–H groups in total. The van der Waals surface area contributed by atoms with E-state index >= 15 is 0 Å². The van der Waals surface area contributed by atoms with Gasteiger partial charge in [0.15, 0.2) is 0 Å². The molecule has 0 fully saturated rings. The number of aliphatic hydroxyl groups is 1. The average Bonchev–Trinajstić information content (AvgIpc) is 2.26. The molecule has 0 saturated carbocycles. The fraction of sp³-hybridized carbons (Fsp3) is 0.538. The summed E-state index contributed by atoms with van der Waals surface area (Å²) in [6, 6.07) is 7.62. The number of hydrogen-bond donors (Lipinski definition) is 1. The Kier molecular flexibility index (Phi) is 3.17. The van der Waals surface area contributed by atoms with Crippen LogP contribution in [0, 0.1) is 0 Å². The molecular weight excluding hydrogens is 204 g/mol. The number of benzene rings is 1. The van der Waals surface area contributed by atoms with Gasteiger partial charge in [-0.3, -0.25) is 0 Å². The summed E-state index contributed by atoms with van der Waals surface area (Å²) in [5.41, 5.74) is 0.445. The third kappa shape index (κ3) is 2.20. The van der Waals surface area contributed by atoms with Crippen molar-refractivity contribution in [2.24, 2.45) is 0 Å². The van der Waals surface area contributed by atoms with Crippen LogP contribution in [0.1, 0.15) is 31.9 Å². The summed E-state index contributed by atoms with van der Waals surface area (Å²) in [7, 11) is 0. The highest BCUT2D eigenvalue weighted by Crippen LogP contribution is 2.39. The first-order valence-corrected chi connectivity index (χ1v) is 5.68. The number of para-hydroxylation sites is 1. The number of ether oxygens (including phenoxy) is 2. The Morgan fingerprint density at radius 3 is 3.00 bits per heavy atom. The van der Waals surface area contributed by atoms with Crippen LogP contribution in [0.3, 0.4) is 0 Å². The molecule has 0 aromatic heterocycles. The first-order valence-electron chi connectivity index (χ1n) is 5.68. The first kappa shape index (κ1) is 11.4. The molecule has 2 atom stereocenters. The standard InChI is InChI=1S/C13H18O3/c1-3-15-9-13(2)8-11(14)10-6-4-5-7-12(10)16-13/h4-7,11,14H,3,8-9H2,1-2H3. The topological polar surface area (TPSA) is 38.7 Å². The molecule has 0 aliphatic carbocycles. The molecule has 16 heavy (non-hydrogen) atoms. The highest BCUT2D eigenvalue weighted by Gasteiger charge is 2.36. The normalized spacial score (nSPS) is 28.3. The second kappa shape index (κ2) is 4.44. The van der Waals surface area contributed by atoms with Gasteiger partial charge in [0.1, 0.15) is 11.4 Å². The van der Waals surface area contributed by atoms with Gasteiger partial charge in [0.25, 0.3) is 0 Å². The largest absolute Gasteiger partial charge is 0.485 e. The Morgan fingerprint density at radius 2 is 2.25 bits per heavy atom. The Morgan fingerprint density at radius 1 is 1.50 bits per heavy atom. The van der Waals surface area contributed by atoms with Gasteiger partial charge in [-0.1, -0.05) is 18.2 Å². The van der Waals surface area contributed by atoms with Gasteiger partial charge >= 0.3 is 0 Å². The highest BCUT2D eigenvalue weighted by molar-refractivity contribution is 5.37. The van der Waals surface area contributed by atoms with E-state index in [1.165, 1.54) is 0 Å². The zero-order chi connectivity index (χ0) is 11.6. The molecule has 0 radical (unpaired) electrons. The number of rotatable bonds is 3. The van der Waals surface area contributed by atoms with E-state index in [1.807, 2.05) is 38.1 Å². The van der Waals surface area contributed by atoms with Gasteiger partial charge in [-0.05, 0) is 19.9 Å². The van der Waals surface area contributed by atoms with Crippen molar-refractivity contribution in [2.75, 3.05) is 13.2 Å². The minimum Gasteiger partial charge on any atom is -0.485 e. The van der Waals surface area contributed by atoms with Gasteiger partial charge in [0.05, 0.1) is 12.7 Å². The van der Waals surface area contributed by atoms with Gasteiger partial charge in [0.2, 0.25) is 0 Å². The summed E-state index contributed by atoms with van der Waals surface area (Å²) < 4.78 is 11.3. The van der Waals surface area contributed by atoms with Crippen molar-refractivity contribution in [2.45, 2.75) is 32.0 Å². The molecule has 1 heterocycles. The van der Waals surface area contributed by atoms with Crippen LogP contribution < -0.4 is 4.74 Å². The smallest absolute Gasteiger partial charge is 0.132 e.